The van der Waals surface area contributed by atoms with E-state index in [0.717, 1.165) is 13.0 Å². The van der Waals surface area contributed by atoms with Gasteiger partial charge in [0, 0.05) is 17.3 Å². The molecule has 2 N–H and O–H groups in total. The van der Waals surface area contributed by atoms with Gasteiger partial charge >= 0.3 is 5.97 Å². The lowest BCUT2D eigenvalue weighted by Crippen LogP contribution is -2.48. The van der Waals surface area contributed by atoms with Crippen molar-refractivity contribution in [3.8, 4) is 0 Å². The highest BCUT2D eigenvalue weighted by atomic mass is 35.5. The van der Waals surface area contributed by atoms with Crippen molar-refractivity contribution in [1.29, 1.82) is 0 Å². The van der Waals surface area contributed by atoms with Gasteiger partial charge in [0.25, 0.3) is 0 Å². The van der Waals surface area contributed by atoms with Crippen molar-refractivity contribution in [3.63, 3.8) is 0 Å². The maximum Gasteiger partial charge on any atom is 0.307 e. The van der Waals surface area contributed by atoms with Gasteiger partial charge in [-0.15, -0.1) is 0 Å². The quantitative estimate of drug-likeness (QED) is 0.896. The summed E-state index contributed by atoms with van der Waals surface area (Å²) in [7, 11) is 0. The molecule has 5 nitrogen and oxygen atoms in total. The molecule has 0 saturated carbocycles. The Morgan fingerprint density at radius 3 is 2.67 bits per heavy atom. The van der Waals surface area contributed by atoms with Crippen LogP contribution in [0.5, 0.6) is 0 Å². The third kappa shape index (κ3) is 4.19. The van der Waals surface area contributed by atoms with Crippen LogP contribution >= 0.6 is 11.6 Å². The Labute approximate surface area is 128 Å². The van der Waals surface area contributed by atoms with Crippen molar-refractivity contribution >= 4 is 29.2 Å². The van der Waals surface area contributed by atoms with Crippen molar-refractivity contribution in [1.82, 2.24) is 4.90 Å². The average Bonchev–Trinajstić information content (AvgIpc) is 2.49. The number of amides is 1. The molecule has 6 heteroatoms. The fourth-order valence-corrected chi connectivity index (χ4v) is 2.63. The Bertz CT molecular complexity index is 518. The Morgan fingerprint density at radius 2 is 2.05 bits per heavy atom. The molecule has 1 aromatic rings. The molecule has 0 spiro atoms. The molecule has 1 fully saturated rings. The summed E-state index contributed by atoms with van der Waals surface area (Å²) in [6, 6.07) is 6.54. The van der Waals surface area contributed by atoms with Crippen LogP contribution in [0, 0.1) is 5.92 Å². The summed E-state index contributed by atoms with van der Waals surface area (Å²) in [5.41, 5.74) is 0.683. The van der Waals surface area contributed by atoms with E-state index in [2.05, 4.69) is 5.32 Å². The number of piperidine rings is 1. The highest BCUT2D eigenvalue weighted by Crippen LogP contribution is 2.20. The number of anilines is 1. The zero-order chi connectivity index (χ0) is 15.4. The first-order chi connectivity index (χ1) is 9.97. The Morgan fingerprint density at radius 1 is 1.38 bits per heavy atom. The number of hydrogen-bond donors (Lipinski definition) is 2. The lowest BCUT2D eigenvalue weighted by atomic mass is 9.97. The monoisotopic (exact) mass is 310 g/mol. The zero-order valence-corrected chi connectivity index (χ0v) is 12.6. The number of carboxylic acids is 1. The maximum atomic E-state index is 12.2. The Kier molecular flexibility index (Phi) is 5.20. The lowest BCUT2D eigenvalue weighted by Gasteiger charge is -2.34. The highest BCUT2D eigenvalue weighted by Gasteiger charge is 2.30. The number of halogens is 1. The van der Waals surface area contributed by atoms with E-state index >= 15 is 0 Å². The molecule has 0 aromatic heterocycles. The van der Waals surface area contributed by atoms with Crippen LogP contribution in [-0.4, -0.2) is 41.0 Å². The van der Waals surface area contributed by atoms with Gasteiger partial charge in [-0.25, -0.2) is 0 Å². The molecular formula is C15H19ClN2O3. The second kappa shape index (κ2) is 6.91. The molecule has 2 rings (SSSR count). The molecule has 1 amide bonds. The van der Waals surface area contributed by atoms with Crippen LogP contribution in [0.1, 0.15) is 19.8 Å². The normalized spacial score (nSPS) is 20.8. The number of rotatable bonds is 4. The summed E-state index contributed by atoms with van der Waals surface area (Å²) in [4.78, 5) is 25.2. The van der Waals surface area contributed by atoms with Crippen molar-refractivity contribution in [2.75, 3.05) is 18.4 Å². The Hall–Kier alpha value is -1.59. The average molecular weight is 311 g/mol. The number of nitrogens with zero attached hydrogens (tertiary/aromatic N) is 1. The van der Waals surface area contributed by atoms with E-state index in [1.165, 1.54) is 0 Å². The molecule has 1 saturated heterocycles. The van der Waals surface area contributed by atoms with Crippen molar-refractivity contribution < 1.29 is 14.7 Å². The molecule has 1 aliphatic heterocycles. The number of carboxylic acid groups (broad SMARTS) is 1. The van der Waals surface area contributed by atoms with E-state index in [-0.39, 0.29) is 17.9 Å². The zero-order valence-electron chi connectivity index (χ0n) is 11.9. The van der Waals surface area contributed by atoms with Crippen LogP contribution < -0.4 is 5.32 Å². The largest absolute Gasteiger partial charge is 0.481 e. The topological polar surface area (TPSA) is 69.6 Å². The number of hydrogen-bond acceptors (Lipinski definition) is 3. The fourth-order valence-electron chi connectivity index (χ4n) is 2.51. The first kappa shape index (κ1) is 15.8. The smallest absolute Gasteiger partial charge is 0.307 e. The van der Waals surface area contributed by atoms with Crippen LogP contribution in [0.4, 0.5) is 5.69 Å². The molecule has 2 unspecified atom stereocenters. The summed E-state index contributed by atoms with van der Waals surface area (Å²) in [5, 5.41) is 12.5. The summed E-state index contributed by atoms with van der Waals surface area (Å²) in [5.74, 6) is -1.31. The molecule has 21 heavy (non-hydrogen) atoms. The molecule has 0 aliphatic carbocycles. The minimum absolute atomic E-state index is 0.136. The second-order valence-electron chi connectivity index (χ2n) is 5.34. The van der Waals surface area contributed by atoms with E-state index in [4.69, 9.17) is 16.7 Å². The fraction of sp³-hybridized carbons (Fsp3) is 0.467. The molecule has 1 aliphatic rings. The predicted octanol–water partition coefficient (Wildman–Crippen LogP) is 2.46. The Balaban J connectivity index is 1.95. The molecule has 0 bridgehead atoms. The predicted molar refractivity (Wildman–Crippen MR) is 81.5 cm³/mol. The number of benzene rings is 1. The minimum Gasteiger partial charge on any atom is -0.481 e. The van der Waals surface area contributed by atoms with Gasteiger partial charge in [0.05, 0.1) is 12.0 Å². The van der Waals surface area contributed by atoms with Crippen LogP contribution in [0.3, 0.4) is 0 Å². The van der Waals surface area contributed by atoms with Crippen molar-refractivity contribution in [2.45, 2.75) is 25.8 Å². The van der Waals surface area contributed by atoms with Gasteiger partial charge in [-0.2, -0.15) is 0 Å². The van der Waals surface area contributed by atoms with Gasteiger partial charge in [-0.05, 0) is 50.6 Å². The summed E-state index contributed by atoms with van der Waals surface area (Å²) >= 11 is 5.80. The standard InChI is InChI=1S/C15H19ClN2O3/c1-10(18-8-2-3-11(9-18)15(20)21)14(19)17-13-6-4-12(16)5-7-13/h4-7,10-11H,2-3,8-9H2,1H3,(H,17,19)(H,20,21). The highest BCUT2D eigenvalue weighted by molar-refractivity contribution is 6.30. The van der Waals surface area contributed by atoms with E-state index < -0.39 is 5.97 Å². The number of likely N-dealkylation sites (tertiary alicyclic amines) is 1. The van der Waals surface area contributed by atoms with Crippen LogP contribution in [0.25, 0.3) is 0 Å². The summed E-state index contributed by atoms with van der Waals surface area (Å²) in [6.45, 7) is 2.97. The van der Waals surface area contributed by atoms with E-state index in [1.807, 2.05) is 4.90 Å². The van der Waals surface area contributed by atoms with Gasteiger partial charge in [0.1, 0.15) is 0 Å². The SMILES string of the molecule is CC(C(=O)Nc1ccc(Cl)cc1)N1CCCC(C(=O)O)C1. The van der Waals surface area contributed by atoms with Gasteiger partial charge in [0.15, 0.2) is 0 Å². The molecular weight excluding hydrogens is 292 g/mol. The number of carbonyl (C=O) groups is 2. The number of carbonyl (C=O) groups excluding carboxylic acids is 1. The van der Waals surface area contributed by atoms with Gasteiger partial charge in [-0.3, -0.25) is 14.5 Å². The van der Waals surface area contributed by atoms with Crippen LogP contribution in [-0.2, 0) is 9.59 Å². The maximum absolute atomic E-state index is 12.2. The van der Waals surface area contributed by atoms with Gasteiger partial charge < -0.3 is 10.4 Å². The van der Waals surface area contributed by atoms with Gasteiger partial charge in [0.2, 0.25) is 5.91 Å². The van der Waals surface area contributed by atoms with Crippen molar-refractivity contribution in [2.24, 2.45) is 5.92 Å². The molecule has 2 atom stereocenters. The third-order valence-electron chi connectivity index (χ3n) is 3.84. The van der Waals surface area contributed by atoms with Gasteiger partial charge in [-0.1, -0.05) is 11.6 Å². The number of aliphatic carboxylic acids is 1. The molecule has 1 heterocycles. The summed E-state index contributed by atoms with van der Waals surface area (Å²) in [6.07, 6.45) is 1.48. The first-order valence-electron chi connectivity index (χ1n) is 7.00. The third-order valence-corrected chi connectivity index (χ3v) is 4.09. The van der Waals surface area contributed by atoms with E-state index in [1.54, 1.807) is 31.2 Å². The molecule has 1 aromatic carbocycles. The number of nitrogens with one attached hydrogen (secondary N) is 1. The molecule has 0 radical (unpaired) electrons. The lowest BCUT2D eigenvalue weighted by molar-refractivity contribution is -0.144. The molecule has 114 valence electrons. The first-order valence-corrected chi connectivity index (χ1v) is 7.38. The van der Waals surface area contributed by atoms with Crippen molar-refractivity contribution in [3.05, 3.63) is 29.3 Å². The summed E-state index contributed by atoms with van der Waals surface area (Å²) < 4.78 is 0. The second-order valence-corrected chi connectivity index (χ2v) is 5.78. The minimum atomic E-state index is -0.787. The van der Waals surface area contributed by atoms with E-state index in [0.29, 0.717) is 23.7 Å². The van der Waals surface area contributed by atoms with Crippen LogP contribution in [0.2, 0.25) is 5.02 Å². The van der Waals surface area contributed by atoms with E-state index in [9.17, 15) is 9.59 Å². The van der Waals surface area contributed by atoms with Crippen LogP contribution in [0.15, 0.2) is 24.3 Å².